The summed E-state index contributed by atoms with van der Waals surface area (Å²) >= 11 is 0. The van der Waals surface area contributed by atoms with E-state index in [1.807, 2.05) is 6.07 Å². The van der Waals surface area contributed by atoms with Gasteiger partial charge < -0.3 is 10.0 Å². The zero-order chi connectivity index (χ0) is 20.6. The van der Waals surface area contributed by atoms with Crippen LogP contribution in [-0.4, -0.2) is 54.8 Å². The first-order valence-electron chi connectivity index (χ1n) is 9.13. The number of hydrogen-bond acceptors (Lipinski definition) is 5. The van der Waals surface area contributed by atoms with Crippen LogP contribution >= 0.6 is 0 Å². The molecule has 2 aromatic carbocycles. The van der Waals surface area contributed by atoms with Gasteiger partial charge in [-0.05, 0) is 35.4 Å². The highest BCUT2D eigenvalue weighted by Crippen LogP contribution is 2.30. The lowest BCUT2D eigenvalue weighted by molar-refractivity contribution is -0.129. The summed E-state index contributed by atoms with van der Waals surface area (Å²) in [5.41, 5.74) is 2.75. The van der Waals surface area contributed by atoms with Gasteiger partial charge in [-0.1, -0.05) is 24.3 Å². The molecule has 2 heterocycles. The lowest BCUT2D eigenvalue weighted by atomic mass is 10.1. The minimum atomic E-state index is -3.70. The average Bonchev–Trinajstić information content (AvgIpc) is 3.29. The number of nitriles is 1. The Morgan fingerprint density at radius 2 is 1.72 bits per heavy atom. The molecule has 0 fully saturated rings. The van der Waals surface area contributed by atoms with Gasteiger partial charge in [-0.25, -0.2) is 8.42 Å². The number of phenols is 1. The van der Waals surface area contributed by atoms with Gasteiger partial charge in [0.15, 0.2) is 0 Å². The summed E-state index contributed by atoms with van der Waals surface area (Å²) in [5.74, 6) is -0.00514. The summed E-state index contributed by atoms with van der Waals surface area (Å²) in [6, 6.07) is 14.7. The molecule has 0 saturated heterocycles. The van der Waals surface area contributed by atoms with Gasteiger partial charge in [-0.3, -0.25) is 4.79 Å². The highest BCUT2D eigenvalue weighted by atomic mass is 32.2. The van der Waals surface area contributed by atoms with Crippen molar-refractivity contribution < 1.29 is 18.3 Å². The number of rotatable bonds is 4. The van der Waals surface area contributed by atoms with Crippen molar-refractivity contribution in [1.29, 1.82) is 5.26 Å². The highest BCUT2D eigenvalue weighted by molar-refractivity contribution is 7.89. The van der Waals surface area contributed by atoms with Crippen molar-refractivity contribution in [3.8, 4) is 11.8 Å². The maximum Gasteiger partial charge on any atom is 0.243 e. The molecule has 29 heavy (non-hydrogen) atoms. The topological polar surface area (TPSA) is 102 Å². The number of amides is 1. The molecule has 148 valence electrons. The number of carbonyl (C=O) groups is 1. The molecule has 2 aromatic rings. The maximum atomic E-state index is 12.9. The fraction of sp³-hybridized carbons (Fsp3) is 0.238. The van der Waals surface area contributed by atoms with E-state index in [0.717, 1.165) is 11.1 Å². The van der Waals surface area contributed by atoms with Gasteiger partial charge in [-0.15, -0.1) is 0 Å². The van der Waals surface area contributed by atoms with E-state index >= 15 is 0 Å². The van der Waals surface area contributed by atoms with Gasteiger partial charge in [0.25, 0.3) is 0 Å². The SMILES string of the molecule is N#Cc1cccc(S(=O)(=O)N2CC3=C(CN(C(=O)Cc4ccccc4O)C3)C2)c1. The third-order valence-electron chi connectivity index (χ3n) is 5.28. The molecule has 0 aliphatic carbocycles. The number of para-hydroxylation sites is 1. The number of nitrogens with zero attached hydrogens (tertiary/aromatic N) is 3. The van der Waals surface area contributed by atoms with E-state index in [2.05, 4.69) is 0 Å². The van der Waals surface area contributed by atoms with E-state index in [0.29, 0.717) is 24.2 Å². The average molecular weight is 409 g/mol. The van der Waals surface area contributed by atoms with Gasteiger partial charge in [0.05, 0.1) is 22.9 Å². The Balaban J connectivity index is 1.42. The molecule has 0 unspecified atom stereocenters. The Bertz CT molecular complexity index is 1150. The molecule has 7 nitrogen and oxygen atoms in total. The standard InChI is InChI=1S/C21H19N3O4S/c22-10-15-4-3-6-19(8-15)29(27,28)24-13-17-11-23(12-18(17)14-24)21(26)9-16-5-1-2-7-20(16)25/h1-8,25H,9,11-14H2. The van der Waals surface area contributed by atoms with Crippen molar-refractivity contribution in [2.75, 3.05) is 26.2 Å². The summed E-state index contributed by atoms with van der Waals surface area (Å²) in [5, 5.41) is 18.9. The van der Waals surface area contributed by atoms with Crippen molar-refractivity contribution in [3.05, 3.63) is 70.8 Å². The molecule has 0 spiro atoms. The summed E-state index contributed by atoms with van der Waals surface area (Å²) in [4.78, 5) is 14.4. The summed E-state index contributed by atoms with van der Waals surface area (Å²) in [7, 11) is -3.70. The van der Waals surface area contributed by atoms with Crippen LogP contribution in [0.15, 0.2) is 64.6 Å². The predicted molar refractivity (Wildman–Crippen MR) is 105 cm³/mol. The maximum absolute atomic E-state index is 12.9. The van der Waals surface area contributed by atoms with E-state index in [4.69, 9.17) is 5.26 Å². The molecule has 1 amide bonds. The molecular weight excluding hydrogens is 390 g/mol. The van der Waals surface area contributed by atoms with Crippen LogP contribution in [0, 0.1) is 11.3 Å². The molecule has 1 N–H and O–H groups in total. The first-order valence-corrected chi connectivity index (χ1v) is 10.6. The predicted octanol–water partition coefficient (Wildman–Crippen LogP) is 1.65. The van der Waals surface area contributed by atoms with Crippen LogP contribution in [0.4, 0.5) is 0 Å². The largest absolute Gasteiger partial charge is 0.508 e. The summed E-state index contributed by atoms with van der Waals surface area (Å²) < 4.78 is 27.2. The summed E-state index contributed by atoms with van der Waals surface area (Å²) in [6.07, 6.45) is 0.107. The monoisotopic (exact) mass is 409 g/mol. The molecule has 0 aromatic heterocycles. The van der Waals surface area contributed by atoms with E-state index < -0.39 is 10.0 Å². The lowest BCUT2D eigenvalue weighted by Gasteiger charge is -2.23. The van der Waals surface area contributed by atoms with Crippen molar-refractivity contribution >= 4 is 15.9 Å². The molecule has 0 bridgehead atoms. The quantitative estimate of drug-likeness (QED) is 0.774. The number of phenolic OH excluding ortho intramolecular Hbond substituents is 1. The van der Waals surface area contributed by atoms with Crippen molar-refractivity contribution in [3.63, 3.8) is 0 Å². The van der Waals surface area contributed by atoms with Gasteiger partial charge in [-0.2, -0.15) is 9.57 Å². The summed E-state index contributed by atoms with van der Waals surface area (Å²) in [6.45, 7) is 1.28. The van der Waals surface area contributed by atoms with E-state index in [1.165, 1.54) is 16.4 Å². The molecule has 4 rings (SSSR count). The minimum absolute atomic E-state index is 0.0948. The Morgan fingerprint density at radius 3 is 2.38 bits per heavy atom. The molecule has 2 aliphatic heterocycles. The fourth-order valence-electron chi connectivity index (χ4n) is 3.70. The van der Waals surface area contributed by atoms with Crippen LogP contribution in [0.3, 0.4) is 0 Å². The van der Waals surface area contributed by atoms with E-state index in [9.17, 15) is 18.3 Å². The molecule has 0 atom stereocenters. The lowest BCUT2D eigenvalue weighted by Crippen LogP contribution is -2.37. The van der Waals surface area contributed by atoms with Crippen molar-refractivity contribution in [2.24, 2.45) is 0 Å². The zero-order valence-corrected chi connectivity index (χ0v) is 16.4. The van der Waals surface area contributed by atoms with Crippen LogP contribution in [0.2, 0.25) is 0 Å². The number of aromatic hydroxyl groups is 1. The van der Waals surface area contributed by atoms with Crippen molar-refractivity contribution in [2.45, 2.75) is 11.3 Å². The normalized spacial score (nSPS) is 16.7. The van der Waals surface area contributed by atoms with Gasteiger partial charge in [0, 0.05) is 31.7 Å². The highest BCUT2D eigenvalue weighted by Gasteiger charge is 2.37. The molecule has 0 saturated carbocycles. The minimum Gasteiger partial charge on any atom is -0.508 e. The van der Waals surface area contributed by atoms with Gasteiger partial charge in [0.2, 0.25) is 15.9 Å². The second-order valence-electron chi connectivity index (χ2n) is 7.18. The molecule has 2 aliphatic rings. The molecular formula is C21H19N3O4S. The first-order chi connectivity index (χ1) is 13.9. The third-order valence-corrected chi connectivity index (χ3v) is 7.07. The second kappa shape index (κ2) is 7.35. The van der Waals surface area contributed by atoms with Crippen molar-refractivity contribution in [1.82, 2.24) is 9.21 Å². The van der Waals surface area contributed by atoms with Crippen LogP contribution in [0.5, 0.6) is 5.75 Å². The third kappa shape index (κ3) is 3.62. The Kier molecular flexibility index (Phi) is 4.86. The van der Waals surface area contributed by atoms with Crippen LogP contribution in [0.1, 0.15) is 11.1 Å². The van der Waals surface area contributed by atoms with Gasteiger partial charge in [0.1, 0.15) is 5.75 Å². The van der Waals surface area contributed by atoms with E-state index in [-0.39, 0.29) is 36.1 Å². The first kappa shape index (κ1) is 19.2. The smallest absolute Gasteiger partial charge is 0.243 e. The number of benzene rings is 2. The fourth-order valence-corrected chi connectivity index (χ4v) is 5.18. The van der Waals surface area contributed by atoms with Crippen LogP contribution in [-0.2, 0) is 21.2 Å². The Hall–Kier alpha value is -3.15. The molecule has 0 radical (unpaired) electrons. The number of carbonyl (C=O) groups excluding carboxylic acids is 1. The number of sulfonamides is 1. The number of hydrogen-bond donors (Lipinski definition) is 1. The zero-order valence-electron chi connectivity index (χ0n) is 15.6. The Morgan fingerprint density at radius 1 is 1.03 bits per heavy atom. The van der Waals surface area contributed by atoms with Crippen LogP contribution in [0.25, 0.3) is 0 Å². The van der Waals surface area contributed by atoms with Crippen LogP contribution < -0.4 is 0 Å². The van der Waals surface area contributed by atoms with Gasteiger partial charge >= 0.3 is 0 Å². The Labute approximate surface area is 169 Å². The second-order valence-corrected chi connectivity index (χ2v) is 9.11. The van der Waals surface area contributed by atoms with E-state index in [1.54, 1.807) is 41.3 Å². The molecule has 8 heteroatoms.